The van der Waals surface area contributed by atoms with E-state index in [4.69, 9.17) is 28.9 Å². The maximum atomic E-state index is 10.7. The summed E-state index contributed by atoms with van der Waals surface area (Å²) in [7, 11) is 0. The van der Waals surface area contributed by atoms with E-state index in [0.29, 0.717) is 12.2 Å². The number of benzene rings is 1. The highest BCUT2D eigenvalue weighted by Crippen LogP contribution is 2.35. The van der Waals surface area contributed by atoms with Crippen LogP contribution in [0.4, 0.5) is 11.4 Å². The van der Waals surface area contributed by atoms with Crippen molar-refractivity contribution in [3.05, 3.63) is 32.3 Å². The lowest BCUT2D eigenvalue weighted by molar-refractivity contribution is -0.384. The standard InChI is InChI=1S/C11H15Cl2N3O2/c1-6(2)10(5-14)15-11-8(12)3-7(16(17)18)4-9(11)13/h3-4,6,10,15H,5,14H2,1-2H3. The number of nitrogens with zero attached hydrogens (tertiary/aromatic N) is 1. The topological polar surface area (TPSA) is 81.2 Å². The summed E-state index contributed by atoms with van der Waals surface area (Å²) < 4.78 is 0. The van der Waals surface area contributed by atoms with E-state index in [1.807, 2.05) is 13.8 Å². The number of nitrogens with one attached hydrogen (secondary N) is 1. The van der Waals surface area contributed by atoms with Crippen LogP contribution in [0, 0.1) is 16.0 Å². The second kappa shape index (κ2) is 6.22. The number of rotatable bonds is 5. The van der Waals surface area contributed by atoms with Gasteiger partial charge in [-0.2, -0.15) is 0 Å². The van der Waals surface area contributed by atoms with Crippen molar-refractivity contribution in [3.8, 4) is 0 Å². The molecule has 0 saturated carbocycles. The van der Waals surface area contributed by atoms with E-state index in [1.165, 1.54) is 12.1 Å². The van der Waals surface area contributed by atoms with Crippen LogP contribution in [-0.2, 0) is 0 Å². The number of hydrogen-bond acceptors (Lipinski definition) is 4. The van der Waals surface area contributed by atoms with Crippen LogP contribution in [0.5, 0.6) is 0 Å². The van der Waals surface area contributed by atoms with Gasteiger partial charge < -0.3 is 11.1 Å². The molecule has 1 rings (SSSR count). The highest BCUT2D eigenvalue weighted by molar-refractivity contribution is 6.39. The predicted octanol–water partition coefficient (Wildman–Crippen LogP) is 3.30. The predicted molar refractivity (Wildman–Crippen MR) is 74.4 cm³/mol. The molecule has 1 aromatic carbocycles. The quantitative estimate of drug-likeness (QED) is 0.644. The summed E-state index contributed by atoms with van der Waals surface area (Å²) in [6.45, 7) is 4.44. The molecule has 0 aromatic heterocycles. The zero-order chi connectivity index (χ0) is 13.9. The lowest BCUT2D eigenvalue weighted by atomic mass is 10.0. The van der Waals surface area contributed by atoms with Gasteiger partial charge in [-0.1, -0.05) is 37.0 Å². The van der Waals surface area contributed by atoms with Gasteiger partial charge in [-0.3, -0.25) is 10.1 Å². The minimum Gasteiger partial charge on any atom is -0.378 e. The van der Waals surface area contributed by atoms with Crippen molar-refractivity contribution in [1.82, 2.24) is 0 Å². The molecule has 0 aliphatic carbocycles. The summed E-state index contributed by atoms with van der Waals surface area (Å²) in [4.78, 5) is 10.1. The fourth-order valence-electron chi connectivity index (χ4n) is 1.49. The summed E-state index contributed by atoms with van der Waals surface area (Å²) in [5.41, 5.74) is 5.99. The van der Waals surface area contributed by atoms with Crippen LogP contribution in [-0.4, -0.2) is 17.5 Å². The van der Waals surface area contributed by atoms with E-state index in [0.717, 1.165) is 0 Å². The maximum Gasteiger partial charge on any atom is 0.272 e. The van der Waals surface area contributed by atoms with Crippen LogP contribution < -0.4 is 11.1 Å². The Kier molecular flexibility index (Phi) is 5.19. The highest BCUT2D eigenvalue weighted by Gasteiger charge is 2.18. The molecule has 0 saturated heterocycles. The Morgan fingerprint density at radius 3 is 2.22 bits per heavy atom. The van der Waals surface area contributed by atoms with E-state index in [9.17, 15) is 10.1 Å². The van der Waals surface area contributed by atoms with Crippen LogP contribution in [0.2, 0.25) is 10.0 Å². The molecule has 1 unspecified atom stereocenters. The zero-order valence-corrected chi connectivity index (χ0v) is 11.6. The number of nitro groups is 1. The van der Waals surface area contributed by atoms with E-state index < -0.39 is 4.92 Å². The molecule has 18 heavy (non-hydrogen) atoms. The molecular formula is C11H15Cl2N3O2. The molecule has 3 N–H and O–H groups in total. The number of nitro benzene ring substituents is 1. The molecule has 0 amide bonds. The Labute approximate surface area is 115 Å². The molecule has 0 heterocycles. The van der Waals surface area contributed by atoms with Gasteiger partial charge in [-0.25, -0.2) is 0 Å². The molecule has 1 atom stereocenters. The third kappa shape index (κ3) is 3.48. The van der Waals surface area contributed by atoms with Gasteiger partial charge >= 0.3 is 0 Å². The first-order valence-electron chi connectivity index (χ1n) is 5.46. The Bertz CT molecular complexity index is 429. The number of hydrogen-bond donors (Lipinski definition) is 2. The first-order chi connectivity index (χ1) is 8.36. The van der Waals surface area contributed by atoms with Gasteiger partial charge in [0.15, 0.2) is 0 Å². The van der Waals surface area contributed by atoms with Crippen molar-refractivity contribution in [1.29, 1.82) is 0 Å². The molecule has 0 aliphatic rings. The van der Waals surface area contributed by atoms with Crippen molar-refractivity contribution in [3.63, 3.8) is 0 Å². The molecular weight excluding hydrogens is 277 g/mol. The molecule has 0 spiro atoms. The second-order valence-electron chi connectivity index (χ2n) is 4.27. The average Bonchev–Trinajstić information content (AvgIpc) is 2.27. The summed E-state index contributed by atoms with van der Waals surface area (Å²) in [6.07, 6.45) is 0. The first kappa shape index (κ1) is 15.0. The van der Waals surface area contributed by atoms with E-state index in [-0.39, 0.29) is 27.7 Å². The van der Waals surface area contributed by atoms with Crippen LogP contribution in [0.15, 0.2) is 12.1 Å². The SMILES string of the molecule is CC(C)C(CN)Nc1c(Cl)cc([N+](=O)[O-])cc1Cl. The van der Waals surface area contributed by atoms with Crippen LogP contribution in [0.3, 0.4) is 0 Å². The highest BCUT2D eigenvalue weighted by atomic mass is 35.5. The first-order valence-corrected chi connectivity index (χ1v) is 6.22. The molecule has 100 valence electrons. The molecule has 5 nitrogen and oxygen atoms in total. The average molecular weight is 292 g/mol. The number of non-ortho nitro benzene ring substituents is 1. The van der Waals surface area contributed by atoms with Gasteiger partial charge in [0, 0.05) is 24.7 Å². The Hall–Kier alpha value is -1.04. The summed E-state index contributed by atoms with van der Waals surface area (Å²) >= 11 is 12.0. The van der Waals surface area contributed by atoms with Crippen molar-refractivity contribution in [2.45, 2.75) is 19.9 Å². The van der Waals surface area contributed by atoms with Crippen molar-refractivity contribution in [2.24, 2.45) is 11.7 Å². The lowest BCUT2D eigenvalue weighted by Gasteiger charge is -2.23. The molecule has 0 aliphatic heterocycles. The molecule has 7 heteroatoms. The summed E-state index contributed by atoms with van der Waals surface area (Å²) in [5.74, 6) is 0.289. The van der Waals surface area contributed by atoms with Gasteiger partial charge in [0.2, 0.25) is 0 Å². The fraction of sp³-hybridized carbons (Fsp3) is 0.455. The fourth-order valence-corrected chi connectivity index (χ4v) is 2.07. The Morgan fingerprint density at radius 2 is 1.89 bits per heavy atom. The smallest absolute Gasteiger partial charge is 0.272 e. The second-order valence-corrected chi connectivity index (χ2v) is 5.09. The van der Waals surface area contributed by atoms with Gasteiger partial charge in [0.05, 0.1) is 20.7 Å². The third-order valence-corrected chi connectivity index (χ3v) is 3.22. The monoisotopic (exact) mass is 291 g/mol. The largest absolute Gasteiger partial charge is 0.378 e. The van der Waals surface area contributed by atoms with Crippen LogP contribution in [0.1, 0.15) is 13.8 Å². The number of halogens is 2. The minimum absolute atomic E-state index is 0.00135. The van der Waals surface area contributed by atoms with Gasteiger partial charge in [0.1, 0.15) is 0 Å². The lowest BCUT2D eigenvalue weighted by Crippen LogP contribution is -2.33. The van der Waals surface area contributed by atoms with Crippen molar-refractivity contribution >= 4 is 34.6 Å². The Balaban J connectivity index is 3.07. The summed E-state index contributed by atoms with van der Waals surface area (Å²) in [5, 5.41) is 14.2. The summed E-state index contributed by atoms with van der Waals surface area (Å²) in [6, 6.07) is 2.54. The maximum absolute atomic E-state index is 10.7. The molecule has 0 radical (unpaired) electrons. The molecule has 1 aromatic rings. The minimum atomic E-state index is -0.537. The molecule has 0 bridgehead atoms. The van der Waals surface area contributed by atoms with Gasteiger partial charge in [0.25, 0.3) is 5.69 Å². The van der Waals surface area contributed by atoms with E-state index in [2.05, 4.69) is 5.32 Å². The van der Waals surface area contributed by atoms with Crippen LogP contribution in [0.25, 0.3) is 0 Å². The van der Waals surface area contributed by atoms with E-state index >= 15 is 0 Å². The van der Waals surface area contributed by atoms with Gasteiger partial charge in [-0.05, 0) is 5.92 Å². The van der Waals surface area contributed by atoms with Gasteiger partial charge in [-0.15, -0.1) is 0 Å². The Morgan fingerprint density at radius 1 is 1.39 bits per heavy atom. The van der Waals surface area contributed by atoms with Crippen molar-refractivity contribution < 1.29 is 4.92 Å². The number of anilines is 1. The normalized spacial score (nSPS) is 12.6. The van der Waals surface area contributed by atoms with E-state index in [1.54, 1.807) is 0 Å². The molecule has 0 fully saturated rings. The zero-order valence-electron chi connectivity index (χ0n) is 10.1. The third-order valence-electron chi connectivity index (χ3n) is 2.63. The number of nitrogens with two attached hydrogens (primary N) is 1. The van der Waals surface area contributed by atoms with Crippen molar-refractivity contribution in [2.75, 3.05) is 11.9 Å². The van der Waals surface area contributed by atoms with Crippen LogP contribution >= 0.6 is 23.2 Å².